The molecule has 2 N–H and O–H groups in total. The normalized spacial score (nSPS) is 17.4. The third-order valence-electron chi connectivity index (χ3n) is 4.75. The second-order valence-electron chi connectivity index (χ2n) is 6.95. The number of aryl methyl sites for hydroxylation is 2. The number of carboxylic acids is 1. The van der Waals surface area contributed by atoms with Gasteiger partial charge in [-0.25, -0.2) is 4.79 Å². The van der Waals surface area contributed by atoms with Crippen LogP contribution in [0.2, 0.25) is 0 Å². The third kappa shape index (κ3) is 4.49. The van der Waals surface area contributed by atoms with E-state index in [0.717, 1.165) is 42.9 Å². The van der Waals surface area contributed by atoms with Crippen molar-refractivity contribution >= 4 is 17.6 Å². The highest BCUT2D eigenvalue weighted by Gasteiger charge is 2.24. The Balaban J connectivity index is 1.48. The lowest BCUT2D eigenvalue weighted by molar-refractivity contribution is -0.117. The molecule has 3 rings (SSSR count). The van der Waals surface area contributed by atoms with Crippen LogP contribution in [0.5, 0.6) is 0 Å². The monoisotopic (exact) mass is 356 g/mol. The maximum atomic E-state index is 12.3. The molecule has 7 heteroatoms. The third-order valence-corrected chi connectivity index (χ3v) is 4.75. The highest BCUT2D eigenvalue weighted by atomic mass is 16.4. The van der Waals surface area contributed by atoms with Gasteiger partial charge in [0.25, 0.3) is 0 Å². The first-order valence-corrected chi connectivity index (χ1v) is 8.75. The van der Waals surface area contributed by atoms with Crippen molar-refractivity contribution in [3.8, 4) is 0 Å². The Bertz CT molecular complexity index is 798. The Morgan fingerprint density at radius 1 is 1.31 bits per heavy atom. The van der Waals surface area contributed by atoms with Crippen LogP contribution in [0, 0.1) is 12.8 Å². The maximum absolute atomic E-state index is 12.3. The van der Waals surface area contributed by atoms with Gasteiger partial charge in [-0.1, -0.05) is 12.1 Å². The van der Waals surface area contributed by atoms with Crippen LogP contribution < -0.4 is 5.32 Å². The van der Waals surface area contributed by atoms with Crippen LogP contribution in [0.1, 0.15) is 28.0 Å². The number of amides is 1. The number of carbonyl (C=O) groups is 2. The second-order valence-corrected chi connectivity index (χ2v) is 6.95. The van der Waals surface area contributed by atoms with E-state index in [1.54, 1.807) is 23.0 Å². The molecule has 1 aliphatic heterocycles. The van der Waals surface area contributed by atoms with E-state index in [0.29, 0.717) is 18.0 Å². The predicted molar refractivity (Wildman–Crippen MR) is 98.2 cm³/mol. The fourth-order valence-electron chi connectivity index (χ4n) is 3.45. The van der Waals surface area contributed by atoms with E-state index in [2.05, 4.69) is 15.3 Å². The Kier molecular flexibility index (Phi) is 5.37. The Morgan fingerprint density at radius 2 is 2.04 bits per heavy atom. The summed E-state index contributed by atoms with van der Waals surface area (Å²) < 4.78 is 1.69. The molecular weight excluding hydrogens is 332 g/mol. The lowest BCUT2D eigenvalue weighted by atomic mass is 9.98. The maximum Gasteiger partial charge on any atom is 0.335 e. The molecule has 26 heavy (non-hydrogen) atoms. The first kappa shape index (κ1) is 18.1. The number of benzene rings is 1. The molecule has 1 fully saturated rings. The fraction of sp³-hybridized carbons (Fsp3) is 0.421. The zero-order chi connectivity index (χ0) is 18.7. The molecule has 1 aromatic heterocycles. The van der Waals surface area contributed by atoms with E-state index in [1.165, 1.54) is 0 Å². The topological polar surface area (TPSA) is 87.5 Å². The van der Waals surface area contributed by atoms with E-state index < -0.39 is 5.97 Å². The molecule has 1 amide bonds. The van der Waals surface area contributed by atoms with Crippen molar-refractivity contribution < 1.29 is 14.7 Å². The number of carboxylic acid groups (broad SMARTS) is 1. The average molecular weight is 356 g/mol. The van der Waals surface area contributed by atoms with Gasteiger partial charge in [-0.3, -0.25) is 14.4 Å². The van der Waals surface area contributed by atoms with Crippen LogP contribution in [0.3, 0.4) is 0 Å². The number of hydrogen-bond acceptors (Lipinski definition) is 4. The molecule has 1 unspecified atom stereocenters. The van der Waals surface area contributed by atoms with Crippen molar-refractivity contribution in [2.24, 2.45) is 13.0 Å². The molecule has 0 radical (unpaired) electrons. The van der Waals surface area contributed by atoms with Gasteiger partial charge in [-0.2, -0.15) is 5.10 Å². The van der Waals surface area contributed by atoms with Crippen molar-refractivity contribution in [3.05, 3.63) is 47.3 Å². The average Bonchev–Trinajstić information content (AvgIpc) is 3.14. The summed E-state index contributed by atoms with van der Waals surface area (Å²) in [6.45, 7) is 4.03. The van der Waals surface area contributed by atoms with Gasteiger partial charge in [0.05, 0.1) is 23.5 Å². The summed E-state index contributed by atoms with van der Waals surface area (Å²) in [4.78, 5) is 25.3. The molecular formula is C19H24N4O3. The summed E-state index contributed by atoms with van der Waals surface area (Å²) in [5.41, 5.74) is 3.01. The molecule has 7 nitrogen and oxygen atoms in total. The standard InChI is InChI=1S/C19H24N4O3/c1-13-17(11-22(2)21-13)20-18(24)12-23-8-7-15(10-23)9-14-3-5-16(6-4-14)19(25)26/h3-6,11,15H,7-10,12H2,1-2H3,(H,20,24)(H,25,26). The summed E-state index contributed by atoms with van der Waals surface area (Å²) in [6.07, 6.45) is 3.75. The number of nitrogens with one attached hydrogen (secondary N) is 1. The Hall–Kier alpha value is -2.67. The molecule has 1 aromatic carbocycles. The first-order valence-electron chi connectivity index (χ1n) is 8.75. The highest BCUT2D eigenvalue weighted by Crippen LogP contribution is 2.21. The summed E-state index contributed by atoms with van der Waals surface area (Å²) in [5, 5.41) is 16.1. The molecule has 1 aliphatic rings. The molecule has 0 saturated carbocycles. The number of nitrogens with zero attached hydrogens (tertiary/aromatic N) is 3. The van der Waals surface area contributed by atoms with Gasteiger partial charge >= 0.3 is 5.97 Å². The number of hydrogen-bond donors (Lipinski definition) is 2. The second kappa shape index (κ2) is 7.70. The minimum atomic E-state index is -0.904. The van der Waals surface area contributed by atoms with Crippen molar-refractivity contribution in [3.63, 3.8) is 0 Å². The zero-order valence-corrected chi connectivity index (χ0v) is 15.1. The SMILES string of the molecule is Cc1nn(C)cc1NC(=O)CN1CCC(Cc2ccc(C(=O)O)cc2)C1. The van der Waals surface area contributed by atoms with Crippen LogP contribution >= 0.6 is 0 Å². The molecule has 0 bridgehead atoms. The largest absolute Gasteiger partial charge is 0.478 e. The minimum absolute atomic E-state index is 0.0208. The van der Waals surface area contributed by atoms with Gasteiger partial charge in [0, 0.05) is 19.8 Å². The first-order chi connectivity index (χ1) is 12.4. The number of aromatic nitrogens is 2. The van der Waals surface area contributed by atoms with Crippen molar-refractivity contribution in [2.75, 3.05) is 25.0 Å². The van der Waals surface area contributed by atoms with Crippen LogP contribution in [0.4, 0.5) is 5.69 Å². The number of likely N-dealkylation sites (tertiary alicyclic amines) is 1. The molecule has 0 aliphatic carbocycles. The minimum Gasteiger partial charge on any atom is -0.478 e. The summed E-state index contributed by atoms with van der Waals surface area (Å²) in [5.74, 6) is -0.440. The molecule has 1 atom stereocenters. The smallest absolute Gasteiger partial charge is 0.335 e. The van der Waals surface area contributed by atoms with E-state index >= 15 is 0 Å². The van der Waals surface area contributed by atoms with E-state index in [-0.39, 0.29) is 5.91 Å². The number of aromatic carboxylic acids is 1. The molecule has 1 saturated heterocycles. The van der Waals surface area contributed by atoms with Crippen LogP contribution in [0.15, 0.2) is 30.5 Å². The molecule has 138 valence electrons. The number of anilines is 1. The highest BCUT2D eigenvalue weighted by molar-refractivity contribution is 5.92. The van der Waals surface area contributed by atoms with Gasteiger partial charge in [0.2, 0.25) is 5.91 Å². The van der Waals surface area contributed by atoms with Gasteiger partial charge in [-0.15, -0.1) is 0 Å². The molecule has 2 heterocycles. The fourth-order valence-corrected chi connectivity index (χ4v) is 3.45. The Morgan fingerprint density at radius 3 is 2.65 bits per heavy atom. The summed E-state index contributed by atoms with van der Waals surface area (Å²) in [7, 11) is 1.83. The molecule has 2 aromatic rings. The summed E-state index contributed by atoms with van der Waals surface area (Å²) in [6, 6.07) is 7.05. The van der Waals surface area contributed by atoms with Gasteiger partial charge < -0.3 is 10.4 Å². The summed E-state index contributed by atoms with van der Waals surface area (Å²) >= 11 is 0. The van der Waals surface area contributed by atoms with E-state index in [4.69, 9.17) is 5.11 Å². The van der Waals surface area contributed by atoms with Crippen LogP contribution in [-0.2, 0) is 18.3 Å². The lowest BCUT2D eigenvalue weighted by Gasteiger charge is -2.15. The lowest BCUT2D eigenvalue weighted by Crippen LogP contribution is -2.31. The number of carbonyl (C=O) groups excluding carboxylic acids is 1. The predicted octanol–water partition coefficient (Wildman–Crippen LogP) is 1.93. The molecule has 0 spiro atoms. The Labute approximate surface area is 152 Å². The van der Waals surface area contributed by atoms with E-state index in [9.17, 15) is 9.59 Å². The van der Waals surface area contributed by atoms with Crippen molar-refractivity contribution in [1.82, 2.24) is 14.7 Å². The van der Waals surface area contributed by atoms with Gasteiger partial charge in [0.15, 0.2) is 0 Å². The van der Waals surface area contributed by atoms with Crippen LogP contribution in [0.25, 0.3) is 0 Å². The number of rotatable bonds is 6. The van der Waals surface area contributed by atoms with Crippen LogP contribution in [-0.4, -0.2) is 51.3 Å². The quantitative estimate of drug-likeness (QED) is 0.826. The van der Waals surface area contributed by atoms with Crippen molar-refractivity contribution in [2.45, 2.75) is 19.8 Å². The van der Waals surface area contributed by atoms with Crippen molar-refractivity contribution in [1.29, 1.82) is 0 Å². The zero-order valence-electron chi connectivity index (χ0n) is 15.1. The van der Waals surface area contributed by atoms with Gasteiger partial charge in [0.1, 0.15) is 0 Å². The van der Waals surface area contributed by atoms with E-state index in [1.807, 2.05) is 26.1 Å². The van der Waals surface area contributed by atoms with Gasteiger partial charge in [-0.05, 0) is 49.9 Å².